The SMILES string of the molecule is c1ccc(N2c3ccccc3B3c4cc(-c5ccc6cc7oc8ccccc8c7cc6c5)ccc4N(c4ccccc4)c4cccc2c43)cc1. The van der Waals surface area contributed by atoms with E-state index in [0.29, 0.717) is 0 Å². The molecule has 0 spiro atoms. The summed E-state index contributed by atoms with van der Waals surface area (Å²) >= 11 is 0. The van der Waals surface area contributed by atoms with Crippen molar-refractivity contribution in [3.8, 4) is 11.1 Å². The van der Waals surface area contributed by atoms with Crippen LogP contribution in [0.3, 0.4) is 0 Å². The molecule has 2 aliphatic heterocycles. The molecule has 2 aliphatic rings. The third kappa shape index (κ3) is 3.93. The van der Waals surface area contributed by atoms with Gasteiger partial charge in [-0.2, -0.15) is 0 Å². The number of anilines is 6. The molecule has 8 aromatic carbocycles. The number of nitrogens with zero attached hydrogens (tertiary/aromatic N) is 2. The van der Waals surface area contributed by atoms with Crippen molar-refractivity contribution < 1.29 is 4.42 Å². The lowest BCUT2D eigenvalue weighted by molar-refractivity contribution is 0.669. The minimum atomic E-state index is 0.0738. The third-order valence-electron chi connectivity index (χ3n) is 10.6. The van der Waals surface area contributed by atoms with Gasteiger partial charge in [-0.25, -0.2) is 0 Å². The van der Waals surface area contributed by atoms with Crippen LogP contribution < -0.4 is 26.2 Å². The normalized spacial score (nSPS) is 13.1. The Morgan fingerprint density at radius 1 is 0.380 bits per heavy atom. The van der Waals surface area contributed by atoms with E-state index in [1.165, 1.54) is 61.0 Å². The van der Waals surface area contributed by atoms with Crippen LogP contribution in [0.2, 0.25) is 0 Å². The van der Waals surface area contributed by atoms with E-state index in [1.807, 2.05) is 12.1 Å². The first kappa shape index (κ1) is 27.4. The van der Waals surface area contributed by atoms with Crippen LogP contribution in [0.25, 0.3) is 43.8 Å². The Hall–Kier alpha value is -6.52. The fourth-order valence-electron chi connectivity index (χ4n) is 8.43. The van der Waals surface area contributed by atoms with Crippen LogP contribution in [0.1, 0.15) is 0 Å². The van der Waals surface area contributed by atoms with Gasteiger partial charge in [-0.1, -0.05) is 103 Å². The largest absolute Gasteiger partial charge is 0.456 e. The van der Waals surface area contributed by atoms with E-state index in [9.17, 15) is 0 Å². The molecular weight excluding hydrogens is 607 g/mol. The van der Waals surface area contributed by atoms with Gasteiger partial charge in [-0.3, -0.25) is 0 Å². The highest BCUT2D eigenvalue weighted by Crippen LogP contribution is 2.44. The summed E-state index contributed by atoms with van der Waals surface area (Å²) in [7, 11) is 0. The molecule has 4 heteroatoms. The number of fused-ring (bicyclic) bond motifs is 8. The number of rotatable bonds is 3. The zero-order chi connectivity index (χ0) is 32.8. The lowest BCUT2D eigenvalue weighted by Crippen LogP contribution is -2.61. The Labute approximate surface area is 290 Å². The molecule has 232 valence electrons. The van der Waals surface area contributed by atoms with Crippen molar-refractivity contribution >= 4 is 89.9 Å². The van der Waals surface area contributed by atoms with Crippen LogP contribution in [0.4, 0.5) is 34.1 Å². The van der Waals surface area contributed by atoms with E-state index < -0.39 is 0 Å². The van der Waals surface area contributed by atoms with Gasteiger partial charge in [0.2, 0.25) is 0 Å². The van der Waals surface area contributed by atoms with Crippen molar-refractivity contribution in [3.05, 3.63) is 176 Å². The van der Waals surface area contributed by atoms with E-state index in [2.05, 4.69) is 174 Å². The number of furan rings is 1. The van der Waals surface area contributed by atoms with E-state index in [0.717, 1.165) is 33.3 Å². The van der Waals surface area contributed by atoms with Gasteiger partial charge in [0.15, 0.2) is 0 Å². The molecule has 0 atom stereocenters. The molecule has 0 fully saturated rings. The minimum Gasteiger partial charge on any atom is -0.456 e. The number of hydrogen-bond acceptors (Lipinski definition) is 3. The smallest absolute Gasteiger partial charge is 0.252 e. The van der Waals surface area contributed by atoms with Crippen LogP contribution in [0.15, 0.2) is 180 Å². The van der Waals surface area contributed by atoms with Gasteiger partial charge in [-0.05, 0) is 111 Å². The summed E-state index contributed by atoms with van der Waals surface area (Å²) in [5, 5.41) is 4.69. The average molecular weight is 637 g/mol. The summed E-state index contributed by atoms with van der Waals surface area (Å²) in [6.07, 6.45) is 0. The van der Waals surface area contributed by atoms with Crippen molar-refractivity contribution in [3.63, 3.8) is 0 Å². The molecule has 1 aromatic heterocycles. The molecule has 0 aliphatic carbocycles. The highest BCUT2D eigenvalue weighted by atomic mass is 16.3. The predicted octanol–water partition coefficient (Wildman–Crippen LogP) is 10.5. The molecule has 0 amide bonds. The maximum atomic E-state index is 6.21. The Balaban J connectivity index is 1.15. The van der Waals surface area contributed by atoms with Crippen LogP contribution in [0, 0.1) is 0 Å². The zero-order valence-corrected chi connectivity index (χ0v) is 27.1. The molecule has 11 rings (SSSR count). The molecule has 0 saturated carbocycles. The Bertz CT molecular complexity index is 2780. The van der Waals surface area contributed by atoms with Gasteiger partial charge in [0, 0.05) is 44.9 Å². The maximum Gasteiger partial charge on any atom is 0.252 e. The van der Waals surface area contributed by atoms with Gasteiger partial charge >= 0.3 is 0 Å². The van der Waals surface area contributed by atoms with Gasteiger partial charge < -0.3 is 14.2 Å². The molecular formula is C46H29BN2O. The van der Waals surface area contributed by atoms with Crippen molar-refractivity contribution in [2.45, 2.75) is 0 Å². The first-order valence-electron chi connectivity index (χ1n) is 17.2. The van der Waals surface area contributed by atoms with Crippen molar-refractivity contribution in [2.75, 3.05) is 9.80 Å². The lowest BCUT2D eigenvalue weighted by atomic mass is 9.33. The highest BCUT2D eigenvalue weighted by Gasteiger charge is 2.43. The predicted molar refractivity (Wildman–Crippen MR) is 211 cm³/mol. The summed E-state index contributed by atoms with van der Waals surface area (Å²) in [6.45, 7) is 0.0738. The van der Waals surface area contributed by atoms with Crippen LogP contribution in [-0.2, 0) is 0 Å². The molecule has 0 saturated heterocycles. The van der Waals surface area contributed by atoms with Gasteiger partial charge in [0.25, 0.3) is 6.71 Å². The fourth-order valence-corrected chi connectivity index (χ4v) is 8.43. The molecule has 0 unspecified atom stereocenters. The monoisotopic (exact) mass is 636 g/mol. The summed E-state index contributed by atoms with van der Waals surface area (Å²) in [5.74, 6) is 0. The molecule has 3 heterocycles. The summed E-state index contributed by atoms with van der Waals surface area (Å²) in [5.41, 5.74) is 15.4. The van der Waals surface area contributed by atoms with Gasteiger partial charge in [-0.15, -0.1) is 0 Å². The standard InChI is InChI=1S/C46H29BN2O/c1-3-12-34(13-4-1)48-40-18-9-8-17-38(40)47-39-28-31(24-25-41(39)49(35-14-5-2-6-15-35)43-20-11-19-42(48)46(43)47)30-22-23-32-29-45-37(27-33(32)26-30)36-16-7-10-21-44(36)50-45/h1-29H. The lowest BCUT2D eigenvalue weighted by Gasteiger charge is -2.44. The Kier molecular flexibility index (Phi) is 5.76. The molecule has 0 N–H and O–H groups in total. The second-order valence-electron chi connectivity index (χ2n) is 13.3. The van der Waals surface area contributed by atoms with Gasteiger partial charge in [0.1, 0.15) is 11.2 Å². The average Bonchev–Trinajstić information content (AvgIpc) is 3.54. The molecule has 0 radical (unpaired) electrons. The van der Waals surface area contributed by atoms with Crippen LogP contribution >= 0.6 is 0 Å². The van der Waals surface area contributed by atoms with E-state index in [1.54, 1.807) is 0 Å². The minimum absolute atomic E-state index is 0.0738. The third-order valence-corrected chi connectivity index (χ3v) is 10.6. The van der Waals surface area contributed by atoms with Crippen molar-refractivity contribution in [2.24, 2.45) is 0 Å². The van der Waals surface area contributed by atoms with Crippen molar-refractivity contribution in [1.82, 2.24) is 0 Å². The first-order valence-corrected chi connectivity index (χ1v) is 17.2. The molecule has 0 bridgehead atoms. The Morgan fingerprint density at radius 2 is 1.00 bits per heavy atom. The number of hydrogen-bond donors (Lipinski definition) is 0. The summed E-state index contributed by atoms with van der Waals surface area (Å²) in [4.78, 5) is 4.89. The van der Waals surface area contributed by atoms with E-state index in [-0.39, 0.29) is 6.71 Å². The fraction of sp³-hybridized carbons (Fsp3) is 0. The maximum absolute atomic E-state index is 6.21. The van der Waals surface area contributed by atoms with Crippen molar-refractivity contribution in [1.29, 1.82) is 0 Å². The quantitative estimate of drug-likeness (QED) is 0.180. The van der Waals surface area contributed by atoms with E-state index in [4.69, 9.17) is 4.42 Å². The highest BCUT2D eigenvalue weighted by molar-refractivity contribution is 7.00. The van der Waals surface area contributed by atoms with Crippen LogP contribution in [-0.4, -0.2) is 6.71 Å². The van der Waals surface area contributed by atoms with Gasteiger partial charge in [0.05, 0.1) is 0 Å². The molecule has 3 nitrogen and oxygen atoms in total. The first-order chi connectivity index (χ1) is 24.8. The van der Waals surface area contributed by atoms with Crippen LogP contribution in [0.5, 0.6) is 0 Å². The van der Waals surface area contributed by atoms with E-state index >= 15 is 0 Å². The zero-order valence-electron chi connectivity index (χ0n) is 27.1. The second kappa shape index (κ2) is 10.5. The summed E-state index contributed by atoms with van der Waals surface area (Å²) < 4.78 is 6.21. The molecule has 9 aromatic rings. The topological polar surface area (TPSA) is 19.6 Å². The molecule has 50 heavy (non-hydrogen) atoms. The Morgan fingerprint density at radius 3 is 1.78 bits per heavy atom. The number of para-hydroxylation sites is 4. The summed E-state index contributed by atoms with van der Waals surface area (Å²) in [6, 6.07) is 63.9. The second-order valence-corrected chi connectivity index (χ2v) is 13.3. The number of benzene rings is 8.